The van der Waals surface area contributed by atoms with Gasteiger partial charge in [0.15, 0.2) is 0 Å². The summed E-state index contributed by atoms with van der Waals surface area (Å²) in [6, 6.07) is 0.0399. The Morgan fingerprint density at radius 3 is 2.37 bits per heavy atom. The number of piperazine rings is 1. The van der Waals surface area contributed by atoms with Gasteiger partial charge in [0.2, 0.25) is 0 Å². The molecule has 1 saturated heterocycles. The van der Waals surface area contributed by atoms with Gasteiger partial charge in [-0.15, -0.1) is 0 Å². The van der Waals surface area contributed by atoms with Crippen molar-refractivity contribution in [1.82, 2.24) is 10.2 Å². The molecule has 1 saturated carbocycles. The molecule has 0 aromatic heterocycles. The third kappa shape index (κ3) is 4.10. The van der Waals surface area contributed by atoms with Crippen molar-refractivity contribution in [1.29, 1.82) is 0 Å². The molecule has 112 valence electrons. The first-order chi connectivity index (χ1) is 9.22. The smallest absolute Gasteiger partial charge is 0.131 e. The summed E-state index contributed by atoms with van der Waals surface area (Å²) in [4.78, 5) is 2.22. The quantitative estimate of drug-likeness (QED) is 0.776. The number of hydrogen-bond acceptors (Lipinski definition) is 3. The molecule has 19 heavy (non-hydrogen) atoms. The number of unbranched alkanes of at least 4 members (excludes halogenated alkanes) is 1. The lowest BCUT2D eigenvalue weighted by Gasteiger charge is -2.41. The molecule has 0 bridgehead atoms. The van der Waals surface area contributed by atoms with Gasteiger partial charge in [-0.3, -0.25) is 4.90 Å². The van der Waals surface area contributed by atoms with E-state index in [9.17, 15) is 8.78 Å². The average molecular weight is 276 g/mol. The summed E-state index contributed by atoms with van der Waals surface area (Å²) < 4.78 is 33.6. The van der Waals surface area contributed by atoms with Gasteiger partial charge in [0.1, 0.15) is 18.4 Å². The molecule has 0 aromatic rings. The molecule has 0 amide bonds. The van der Waals surface area contributed by atoms with E-state index in [0.29, 0.717) is 19.4 Å². The Morgan fingerprint density at radius 2 is 1.79 bits per heavy atom. The zero-order valence-electron chi connectivity index (χ0n) is 11.8. The molecule has 1 heterocycles. The lowest BCUT2D eigenvalue weighted by atomic mass is 9.88. The van der Waals surface area contributed by atoms with Crippen LogP contribution in [0.5, 0.6) is 0 Å². The van der Waals surface area contributed by atoms with E-state index in [1.165, 1.54) is 0 Å². The minimum absolute atomic E-state index is 0.0399. The maximum Gasteiger partial charge on any atom is 0.131 e. The zero-order chi connectivity index (χ0) is 13.7. The lowest BCUT2D eigenvalue weighted by Crippen LogP contribution is -2.54. The van der Waals surface area contributed by atoms with Gasteiger partial charge < -0.3 is 10.1 Å². The van der Waals surface area contributed by atoms with E-state index in [-0.39, 0.29) is 6.04 Å². The number of rotatable bonds is 5. The predicted octanol–water partition coefficient (Wildman–Crippen LogP) is 1.92. The lowest BCUT2D eigenvalue weighted by molar-refractivity contribution is -0.0896. The van der Waals surface area contributed by atoms with Gasteiger partial charge in [-0.1, -0.05) is 13.3 Å². The minimum Gasteiger partial charge on any atom is -0.372 e. The van der Waals surface area contributed by atoms with E-state index in [1.54, 1.807) is 0 Å². The van der Waals surface area contributed by atoms with Crippen molar-refractivity contribution in [2.75, 3.05) is 32.8 Å². The maximum absolute atomic E-state index is 14.1. The third-order valence-electron chi connectivity index (χ3n) is 4.18. The number of alkyl halides is 2. The average Bonchev–Trinajstić information content (AvgIpc) is 2.43. The molecular weight excluding hydrogens is 250 g/mol. The summed E-state index contributed by atoms with van der Waals surface area (Å²) >= 11 is 0. The van der Waals surface area contributed by atoms with Gasteiger partial charge in [-0.25, -0.2) is 8.78 Å². The number of halogens is 2. The van der Waals surface area contributed by atoms with Crippen LogP contribution in [0.2, 0.25) is 0 Å². The van der Waals surface area contributed by atoms with Crippen LogP contribution in [-0.4, -0.2) is 62.2 Å². The highest BCUT2D eigenvalue weighted by Crippen LogP contribution is 2.30. The molecule has 2 rings (SSSR count). The summed E-state index contributed by atoms with van der Waals surface area (Å²) in [7, 11) is 0. The fourth-order valence-electron chi connectivity index (χ4n) is 3.03. The van der Waals surface area contributed by atoms with Crippen molar-refractivity contribution in [3.05, 3.63) is 0 Å². The standard InChI is InChI=1S/C14H26F2N2O/c1-2-3-8-19-14-12(15)9-11(10-13(14)16)18-6-4-17-5-7-18/h11-14,17H,2-10H2,1H3. The van der Waals surface area contributed by atoms with E-state index in [0.717, 1.165) is 39.0 Å². The first-order valence-electron chi connectivity index (χ1n) is 7.57. The first kappa shape index (κ1) is 15.1. The topological polar surface area (TPSA) is 24.5 Å². The molecule has 2 aliphatic rings. The second-order valence-electron chi connectivity index (χ2n) is 5.63. The third-order valence-corrected chi connectivity index (χ3v) is 4.18. The van der Waals surface area contributed by atoms with Crippen molar-refractivity contribution >= 4 is 0 Å². The monoisotopic (exact) mass is 276 g/mol. The van der Waals surface area contributed by atoms with Gasteiger partial charge in [0.25, 0.3) is 0 Å². The van der Waals surface area contributed by atoms with Crippen molar-refractivity contribution in [2.45, 2.75) is 57.1 Å². The van der Waals surface area contributed by atoms with E-state index < -0.39 is 18.4 Å². The molecule has 2 fully saturated rings. The van der Waals surface area contributed by atoms with Crippen molar-refractivity contribution < 1.29 is 13.5 Å². The molecule has 1 aliphatic carbocycles. The largest absolute Gasteiger partial charge is 0.372 e. The second-order valence-corrected chi connectivity index (χ2v) is 5.63. The fraction of sp³-hybridized carbons (Fsp3) is 1.00. The van der Waals surface area contributed by atoms with Gasteiger partial charge in [0.05, 0.1) is 0 Å². The highest BCUT2D eigenvalue weighted by Gasteiger charge is 2.41. The van der Waals surface area contributed by atoms with Gasteiger partial charge in [-0.05, 0) is 19.3 Å². The predicted molar refractivity (Wildman–Crippen MR) is 71.9 cm³/mol. The van der Waals surface area contributed by atoms with E-state index in [1.807, 2.05) is 6.92 Å². The van der Waals surface area contributed by atoms with Crippen LogP contribution in [0.3, 0.4) is 0 Å². The first-order valence-corrected chi connectivity index (χ1v) is 7.57. The van der Waals surface area contributed by atoms with Crippen LogP contribution in [-0.2, 0) is 4.74 Å². The van der Waals surface area contributed by atoms with E-state index in [2.05, 4.69) is 10.2 Å². The molecule has 2 atom stereocenters. The van der Waals surface area contributed by atoms with Crippen LogP contribution < -0.4 is 5.32 Å². The van der Waals surface area contributed by atoms with Gasteiger partial charge in [0, 0.05) is 38.8 Å². The van der Waals surface area contributed by atoms with E-state index in [4.69, 9.17) is 4.74 Å². The summed E-state index contributed by atoms with van der Waals surface area (Å²) in [5.74, 6) is 0. The minimum atomic E-state index is -1.17. The summed E-state index contributed by atoms with van der Waals surface area (Å²) in [6.07, 6.45) is -0.484. The van der Waals surface area contributed by atoms with Crippen LogP contribution >= 0.6 is 0 Å². The molecule has 2 unspecified atom stereocenters. The number of nitrogens with zero attached hydrogens (tertiary/aromatic N) is 1. The second kappa shape index (κ2) is 7.50. The Hall–Kier alpha value is -0.260. The Kier molecular flexibility index (Phi) is 5.98. The number of ether oxygens (including phenoxy) is 1. The fourth-order valence-corrected chi connectivity index (χ4v) is 3.03. The molecular formula is C14H26F2N2O. The van der Waals surface area contributed by atoms with Gasteiger partial charge in [-0.2, -0.15) is 0 Å². The zero-order valence-corrected chi connectivity index (χ0v) is 11.8. The molecule has 0 aromatic carbocycles. The molecule has 3 nitrogen and oxygen atoms in total. The Balaban J connectivity index is 1.82. The van der Waals surface area contributed by atoms with Crippen molar-refractivity contribution in [3.8, 4) is 0 Å². The highest BCUT2D eigenvalue weighted by atomic mass is 19.1. The van der Waals surface area contributed by atoms with Crippen LogP contribution in [0.25, 0.3) is 0 Å². The molecule has 1 N–H and O–H groups in total. The van der Waals surface area contributed by atoms with E-state index >= 15 is 0 Å². The molecule has 1 aliphatic heterocycles. The molecule has 5 heteroatoms. The van der Waals surface area contributed by atoms with Crippen LogP contribution in [0.1, 0.15) is 32.6 Å². The molecule has 0 spiro atoms. The molecule has 0 radical (unpaired) electrons. The highest BCUT2D eigenvalue weighted by molar-refractivity contribution is 4.93. The van der Waals surface area contributed by atoms with Crippen LogP contribution in [0, 0.1) is 0 Å². The number of hydrogen-bond donors (Lipinski definition) is 1. The van der Waals surface area contributed by atoms with Gasteiger partial charge >= 0.3 is 0 Å². The normalized spacial score (nSPS) is 37.4. The van der Waals surface area contributed by atoms with Crippen LogP contribution in [0.15, 0.2) is 0 Å². The Bertz CT molecular complexity index is 250. The summed E-state index contributed by atoms with van der Waals surface area (Å²) in [5, 5.41) is 3.27. The summed E-state index contributed by atoms with van der Waals surface area (Å²) in [6.45, 7) is 6.14. The van der Waals surface area contributed by atoms with Crippen molar-refractivity contribution in [3.63, 3.8) is 0 Å². The maximum atomic E-state index is 14.1. The SMILES string of the molecule is CCCCOC1C(F)CC(N2CCNCC2)CC1F. The Morgan fingerprint density at radius 1 is 1.16 bits per heavy atom. The summed E-state index contributed by atoms with van der Waals surface area (Å²) in [5.41, 5.74) is 0. The Labute approximate surface area is 114 Å². The van der Waals surface area contributed by atoms with Crippen LogP contribution in [0.4, 0.5) is 8.78 Å². The van der Waals surface area contributed by atoms with Crippen molar-refractivity contribution in [2.24, 2.45) is 0 Å². The number of nitrogens with one attached hydrogen (secondary N) is 1.